The van der Waals surface area contributed by atoms with E-state index in [0.717, 1.165) is 6.54 Å². The molecular weight excluding hydrogens is 245 g/mol. The first-order valence-corrected chi connectivity index (χ1v) is 5.57. The SMILES string of the molecule is CCNCc1nnc(-c2ccc(F)c(Cl)c2)o1. The minimum absolute atomic E-state index is 0.0360. The summed E-state index contributed by atoms with van der Waals surface area (Å²) in [6, 6.07) is 4.28. The summed E-state index contributed by atoms with van der Waals surface area (Å²) >= 11 is 5.68. The molecule has 0 atom stereocenters. The highest BCUT2D eigenvalue weighted by molar-refractivity contribution is 6.31. The number of hydrogen-bond donors (Lipinski definition) is 1. The van der Waals surface area contributed by atoms with Crippen molar-refractivity contribution in [3.8, 4) is 11.5 Å². The van der Waals surface area contributed by atoms with Gasteiger partial charge in [-0.1, -0.05) is 18.5 Å². The summed E-state index contributed by atoms with van der Waals surface area (Å²) in [7, 11) is 0. The summed E-state index contributed by atoms with van der Waals surface area (Å²) in [5.74, 6) is 0.352. The highest BCUT2D eigenvalue weighted by Gasteiger charge is 2.10. The van der Waals surface area contributed by atoms with Gasteiger partial charge in [-0.15, -0.1) is 10.2 Å². The van der Waals surface area contributed by atoms with Gasteiger partial charge in [0.1, 0.15) is 5.82 Å². The van der Waals surface area contributed by atoms with Crippen LogP contribution in [0.25, 0.3) is 11.5 Å². The first-order chi connectivity index (χ1) is 8.20. The summed E-state index contributed by atoms with van der Waals surface area (Å²) in [5.41, 5.74) is 0.603. The van der Waals surface area contributed by atoms with Crippen LogP contribution in [-0.4, -0.2) is 16.7 Å². The Morgan fingerprint density at radius 3 is 2.94 bits per heavy atom. The van der Waals surface area contributed by atoms with E-state index in [9.17, 15) is 4.39 Å². The van der Waals surface area contributed by atoms with E-state index in [1.807, 2.05) is 6.92 Å². The molecule has 1 aromatic carbocycles. The topological polar surface area (TPSA) is 51.0 Å². The van der Waals surface area contributed by atoms with E-state index in [-0.39, 0.29) is 5.02 Å². The van der Waals surface area contributed by atoms with E-state index in [1.54, 1.807) is 6.07 Å². The normalized spacial score (nSPS) is 10.8. The minimum atomic E-state index is -0.470. The summed E-state index contributed by atoms with van der Waals surface area (Å²) in [5, 5.41) is 10.8. The van der Waals surface area contributed by atoms with Crippen LogP contribution in [0.4, 0.5) is 4.39 Å². The second-order valence-corrected chi connectivity index (χ2v) is 3.82. The zero-order chi connectivity index (χ0) is 12.3. The summed E-state index contributed by atoms with van der Waals surface area (Å²) in [6.07, 6.45) is 0. The van der Waals surface area contributed by atoms with Gasteiger partial charge in [0.05, 0.1) is 11.6 Å². The molecule has 0 saturated carbocycles. The van der Waals surface area contributed by atoms with Gasteiger partial charge in [-0.25, -0.2) is 4.39 Å². The molecule has 0 bridgehead atoms. The largest absolute Gasteiger partial charge is 0.419 e. The fourth-order valence-corrected chi connectivity index (χ4v) is 1.48. The molecule has 0 amide bonds. The molecule has 90 valence electrons. The number of rotatable bonds is 4. The predicted octanol–water partition coefficient (Wildman–Crippen LogP) is 2.64. The monoisotopic (exact) mass is 255 g/mol. The number of halogens is 2. The van der Waals surface area contributed by atoms with Crippen LogP contribution in [0.1, 0.15) is 12.8 Å². The molecule has 0 aliphatic rings. The van der Waals surface area contributed by atoms with Crippen molar-refractivity contribution in [2.45, 2.75) is 13.5 Å². The maximum absolute atomic E-state index is 13.0. The van der Waals surface area contributed by atoms with Crippen LogP contribution in [0.2, 0.25) is 5.02 Å². The molecule has 0 fully saturated rings. The van der Waals surface area contributed by atoms with Gasteiger partial charge >= 0.3 is 0 Å². The van der Waals surface area contributed by atoms with Crippen LogP contribution in [0, 0.1) is 5.82 Å². The van der Waals surface area contributed by atoms with Gasteiger partial charge in [-0.3, -0.25) is 0 Å². The molecule has 1 aromatic heterocycles. The van der Waals surface area contributed by atoms with Crippen molar-refractivity contribution in [2.75, 3.05) is 6.54 Å². The molecule has 0 aliphatic carbocycles. The smallest absolute Gasteiger partial charge is 0.247 e. The quantitative estimate of drug-likeness (QED) is 0.913. The predicted molar refractivity (Wildman–Crippen MR) is 62.1 cm³/mol. The van der Waals surface area contributed by atoms with E-state index < -0.39 is 5.82 Å². The zero-order valence-corrected chi connectivity index (χ0v) is 9.96. The first kappa shape index (κ1) is 12.0. The molecule has 0 spiro atoms. The van der Waals surface area contributed by atoms with Gasteiger partial charge in [0.25, 0.3) is 0 Å². The van der Waals surface area contributed by atoms with Gasteiger partial charge in [0, 0.05) is 5.56 Å². The van der Waals surface area contributed by atoms with Crippen molar-refractivity contribution in [1.82, 2.24) is 15.5 Å². The molecular formula is C11H11ClFN3O. The molecule has 2 rings (SSSR count). The van der Waals surface area contributed by atoms with E-state index in [1.165, 1.54) is 12.1 Å². The molecule has 2 aromatic rings. The highest BCUT2D eigenvalue weighted by atomic mass is 35.5. The summed E-state index contributed by atoms with van der Waals surface area (Å²) in [4.78, 5) is 0. The first-order valence-electron chi connectivity index (χ1n) is 5.19. The van der Waals surface area contributed by atoms with Crippen LogP contribution in [-0.2, 0) is 6.54 Å². The van der Waals surface area contributed by atoms with Crippen LogP contribution in [0.15, 0.2) is 22.6 Å². The van der Waals surface area contributed by atoms with E-state index >= 15 is 0 Å². The fourth-order valence-electron chi connectivity index (χ4n) is 1.30. The maximum Gasteiger partial charge on any atom is 0.247 e. The van der Waals surface area contributed by atoms with Gasteiger partial charge < -0.3 is 9.73 Å². The Kier molecular flexibility index (Phi) is 3.71. The average Bonchev–Trinajstić information content (AvgIpc) is 2.79. The second-order valence-electron chi connectivity index (χ2n) is 3.41. The van der Waals surface area contributed by atoms with E-state index in [2.05, 4.69) is 15.5 Å². The van der Waals surface area contributed by atoms with Crippen molar-refractivity contribution in [2.24, 2.45) is 0 Å². The standard InChI is InChI=1S/C11H11ClFN3O/c1-2-14-6-10-15-16-11(17-10)7-3-4-9(13)8(12)5-7/h3-5,14H,2,6H2,1H3. The minimum Gasteiger partial charge on any atom is -0.419 e. The third-order valence-electron chi connectivity index (χ3n) is 2.16. The van der Waals surface area contributed by atoms with Crippen molar-refractivity contribution < 1.29 is 8.81 Å². The number of nitrogens with one attached hydrogen (secondary N) is 1. The Labute approximate surface area is 103 Å². The van der Waals surface area contributed by atoms with Gasteiger partial charge in [-0.2, -0.15) is 0 Å². The molecule has 6 heteroatoms. The third kappa shape index (κ3) is 2.81. The third-order valence-corrected chi connectivity index (χ3v) is 2.45. The summed E-state index contributed by atoms with van der Waals surface area (Å²) in [6.45, 7) is 3.32. The fraction of sp³-hybridized carbons (Fsp3) is 0.273. The Morgan fingerprint density at radius 1 is 1.41 bits per heavy atom. The summed E-state index contributed by atoms with van der Waals surface area (Å²) < 4.78 is 18.4. The van der Waals surface area contributed by atoms with E-state index in [4.69, 9.17) is 16.0 Å². The van der Waals surface area contributed by atoms with E-state index in [0.29, 0.717) is 23.9 Å². The van der Waals surface area contributed by atoms with Crippen LogP contribution in [0.5, 0.6) is 0 Å². The lowest BCUT2D eigenvalue weighted by Crippen LogP contribution is -2.11. The molecule has 1 heterocycles. The zero-order valence-electron chi connectivity index (χ0n) is 9.20. The number of benzene rings is 1. The van der Waals surface area contributed by atoms with Crippen LogP contribution >= 0.6 is 11.6 Å². The number of nitrogens with zero attached hydrogens (tertiary/aromatic N) is 2. The Balaban J connectivity index is 2.21. The van der Waals surface area contributed by atoms with Gasteiger partial charge in [0.15, 0.2) is 0 Å². The van der Waals surface area contributed by atoms with Crippen molar-refractivity contribution in [1.29, 1.82) is 0 Å². The lowest BCUT2D eigenvalue weighted by atomic mass is 10.2. The maximum atomic E-state index is 13.0. The molecule has 17 heavy (non-hydrogen) atoms. The Bertz CT molecular complexity index is 515. The Morgan fingerprint density at radius 2 is 2.24 bits per heavy atom. The van der Waals surface area contributed by atoms with Crippen LogP contribution < -0.4 is 5.32 Å². The van der Waals surface area contributed by atoms with Crippen molar-refractivity contribution in [3.05, 3.63) is 34.9 Å². The molecule has 1 N–H and O–H groups in total. The molecule has 0 aliphatic heterocycles. The van der Waals surface area contributed by atoms with Gasteiger partial charge in [-0.05, 0) is 24.7 Å². The van der Waals surface area contributed by atoms with Gasteiger partial charge in [0.2, 0.25) is 11.8 Å². The number of aromatic nitrogens is 2. The molecule has 0 saturated heterocycles. The second kappa shape index (κ2) is 5.25. The lowest BCUT2D eigenvalue weighted by Gasteiger charge is -1.97. The Hall–Kier alpha value is -1.46. The highest BCUT2D eigenvalue weighted by Crippen LogP contribution is 2.23. The lowest BCUT2D eigenvalue weighted by molar-refractivity contribution is 0.482. The van der Waals surface area contributed by atoms with Crippen LogP contribution in [0.3, 0.4) is 0 Å². The van der Waals surface area contributed by atoms with Crippen molar-refractivity contribution >= 4 is 11.6 Å². The molecule has 0 radical (unpaired) electrons. The molecule has 4 nitrogen and oxygen atoms in total. The molecule has 0 unspecified atom stereocenters. The average molecular weight is 256 g/mol. The van der Waals surface area contributed by atoms with Crippen molar-refractivity contribution in [3.63, 3.8) is 0 Å². The number of hydrogen-bond acceptors (Lipinski definition) is 4.